The number of hydrogen-bond acceptors (Lipinski definition) is 5. The first-order valence-corrected chi connectivity index (χ1v) is 11.6. The Balaban J connectivity index is 1.56. The summed E-state index contributed by atoms with van der Waals surface area (Å²) in [5.41, 5.74) is 0. The molecule has 3 unspecified atom stereocenters. The van der Waals surface area contributed by atoms with E-state index in [1.165, 1.54) is 24.3 Å². The van der Waals surface area contributed by atoms with Crippen molar-refractivity contribution in [2.75, 3.05) is 13.2 Å². The first-order chi connectivity index (χ1) is 16.4. The Morgan fingerprint density at radius 2 is 1.88 bits per heavy atom. The summed E-state index contributed by atoms with van der Waals surface area (Å²) in [4.78, 5) is 11.6. The van der Waals surface area contributed by atoms with Gasteiger partial charge in [-0.3, -0.25) is 4.79 Å². The maximum atomic E-state index is 13.4. The third-order valence-corrected chi connectivity index (χ3v) is 6.32. The fourth-order valence-corrected chi connectivity index (χ4v) is 4.35. The van der Waals surface area contributed by atoms with E-state index in [0.29, 0.717) is 17.4 Å². The van der Waals surface area contributed by atoms with Crippen LogP contribution in [0.25, 0.3) is 10.8 Å². The normalized spacial score (nSPS) is 18.1. The fraction of sp³-hybridized carbons (Fsp3) is 0.308. The molecule has 0 bridgehead atoms. The number of nitrogens with zero attached hydrogens (tertiary/aromatic N) is 1. The molecule has 0 N–H and O–H groups in total. The molecule has 0 aromatic heterocycles. The molecule has 1 fully saturated rings. The topological polar surface area (TPSA) is 68.5 Å². The Hall–Kier alpha value is -2.85. The summed E-state index contributed by atoms with van der Waals surface area (Å²) in [7, 11) is 0. The predicted molar refractivity (Wildman–Crippen MR) is 128 cm³/mol. The minimum atomic E-state index is -1.85. The number of ether oxygens (including phenoxy) is 3. The highest BCUT2D eigenvalue weighted by molar-refractivity contribution is 6.38. The SMILES string of the molecule is N#CC(Cl)(CC1CCCO1)C(=O)C(COc1ccc2ccc(Cl)cc2c1)Oc1ccc(F)cc1. The average molecular weight is 502 g/mol. The summed E-state index contributed by atoms with van der Waals surface area (Å²) in [5.74, 6) is -0.335. The van der Waals surface area contributed by atoms with Crippen molar-refractivity contribution in [3.63, 3.8) is 0 Å². The predicted octanol–water partition coefficient (Wildman–Crippen LogP) is 6.10. The van der Waals surface area contributed by atoms with Gasteiger partial charge >= 0.3 is 0 Å². The smallest absolute Gasteiger partial charge is 0.212 e. The molecule has 4 rings (SSSR count). The first kappa shape index (κ1) is 24.3. The van der Waals surface area contributed by atoms with E-state index < -0.39 is 22.6 Å². The summed E-state index contributed by atoms with van der Waals surface area (Å²) in [5, 5.41) is 12.2. The number of alkyl halides is 1. The number of rotatable bonds is 9. The van der Waals surface area contributed by atoms with Gasteiger partial charge in [-0.05, 0) is 72.1 Å². The number of Topliss-reactive ketones (excluding diaryl/α,β-unsaturated/α-hetero) is 1. The molecule has 0 radical (unpaired) electrons. The van der Waals surface area contributed by atoms with Gasteiger partial charge in [-0.1, -0.05) is 35.3 Å². The molecule has 3 aromatic carbocycles. The Morgan fingerprint density at radius 3 is 2.59 bits per heavy atom. The molecule has 3 atom stereocenters. The Bertz CT molecular complexity index is 1210. The maximum absolute atomic E-state index is 13.4. The third kappa shape index (κ3) is 5.79. The summed E-state index contributed by atoms with van der Waals surface area (Å²) < 4.78 is 30.6. The van der Waals surface area contributed by atoms with Crippen LogP contribution in [-0.2, 0) is 9.53 Å². The number of hydrogen-bond donors (Lipinski definition) is 0. The van der Waals surface area contributed by atoms with Gasteiger partial charge in [-0.2, -0.15) is 5.26 Å². The average Bonchev–Trinajstić information content (AvgIpc) is 3.35. The lowest BCUT2D eigenvalue weighted by Gasteiger charge is -2.26. The lowest BCUT2D eigenvalue weighted by atomic mass is 9.93. The largest absolute Gasteiger partial charge is 0.489 e. The highest BCUT2D eigenvalue weighted by atomic mass is 35.5. The van der Waals surface area contributed by atoms with Gasteiger partial charge in [0.1, 0.15) is 23.9 Å². The van der Waals surface area contributed by atoms with Crippen LogP contribution >= 0.6 is 23.2 Å². The molecule has 5 nitrogen and oxygen atoms in total. The first-order valence-electron chi connectivity index (χ1n) is 10.9. The van der Waals surface area contributed by atoms with E-state index in [2.05, 4.69) is 0 Å². The van der Waals surface area contributed by atoms with E-state index >= 15 is 0 Å². The highest BCUT2D eigenvalue weighted by Crippen LogP contribution is 2.31. The minimum Gasteiger partial charge on any atom is -0.489 e. The second kappa shape index (κ2) is 10.6. The van der Waals surface area contributed by atoms with Crippen molar-refractivity contribution in [1.82, 2.24) is 0 Å². The van der Waals surface area contributed by atoms with E-state index in [4.69, 9.17) is 37.4 Å². The van der Waals surface area contributed by atoms with E-state index in [1.807, 2.05) is 24.3 Å². The Kier molecular flexibility index (Phi) is 7.57. The minimum absolute atomic E-state index is 0.0433. The number of fused-ring (bicyclic) bond motifs is 1. The number of ketones is 1. The Labute approximate surface area is 206 Å². The van der Waals surface area contributed by atoms with Gasteiger partial charge in [-0.15, -0.1) is 0 Å². The third-order valence-electron chi connectivity index (χ3n) is 5.66. The summed E-state index contributed by atoms with van der Waals surface area (Å²) in [6, 6.07) is 18.1. The zero-order chi connectivity index (χ0) is 24.1. The van der Waals surface area contributed by atoms with Crippen molar-refractivity contribution in [1.29, 1.82) is 5.26 Å². The number of benzene rings is 3. The summed E-state index contributed by atoms with van der Waals surface area (Å²) >= 11 is 12.6. The molecule has 1 saturated heterocycles. The molecule has 0 spiro atoms. The second-order valence-corrected chi connectivity index (χ2v) is 9.22. The van der Waals surface area contributed by atoms with Crippen molar-refractivity contribution in [2.45, 2.75) is 36.3 Å². The van der Waals surface area contributed by atoms with Gasteiger partial charge in [0, 0.05) is 18.1 Å². The van der Waals surface area contributed by atoms with Gasteiger partial charge < -0.3 is 14.2 Å². The standard InChI is InChI=1S/C26H22Cl2FNO4/c27-19-5-3-17-4-8-22(13-18(17)12-19)33-15-24(34-21-9-6-20(29)7-10-21)25(31)26(28,16-30)14-23-2-1-11-32-23/h3-10,12-13,23-24H,1-2,11,14-15H2. The van der Waals surface area contributed by atoms with Gasteiger partial charge in [0.05, 0.1) is 12.2 Å². The Morgan fingerprint density at radius 1 is 1.15 bits per heavy atom. The molecule has 0 amide bonds. The molecule has 3 aromatic rings. The fourth-order valence-electron chi connectivity index (χ4n) is 3.87. The number of nitriles is 1. The van der Waals surface area contributed by atoms with Gasteiger partial charge in [0.25, 0.3) is 0 Å². The van der Waals surface area contributed by atoms with E-state index in [-0.39, 0.29) is 24.9 Å². The second-order valence-electron chi connectivity index (χ2n) is 8.14. The lowest BCUT2D eigenvalue weighted by Crippen LogP contribution is -2.47. The monoisotopic (exact) mass is 501 g/mol. The van der Waals surface area contributed by atoms with Gasteiger partial charge in [0.2, 0.25) is 5.78 Å². The van der Waals surface area contributed by atoms with Crippen molar-refractivity contribution in [2.24, 2.45) is 0 Å². The van der Waals surface area contributed by atoms with E-state index in [0.717, 1.165) is 23.6 Å². The number of halogens is 3. The number of carbonyl (C=O) groups excluding carboxylic acids is 1. The molecule has 1 aliphatic rings. The van der Waals surface area contributed by atoms with Crippen LogP contribution in [0, 0.1) is 17.1 Å². The molecule has 0 aliphatic carbocycles. The van der Waals surface area contributed by atoms with Crippen LogP contribution in [0.4, 0.5) is 4.39 Å². The molecular formula is C26H22Cl2FNO4. The van der Waals surface area contributed by atoms with Crippen LogP contribution in [0.15, 0.2) is 60.7 Å². The van der Waals surface area contributed by atoms with E-state index in [1.54, 1.807) is 18.2 Å². The maximum Gasteiger partial charge on any atom is 0.212 e. The van der Waals surface area contributed by atoms with Crippen LogP contribution in [0.5, 0.6) is 11.5 Å². The van der Waals surface area contributed by atoms with Crippen molar-refractivity contribution in [3.8, 4) is 17.6 Å². The molecule has 1 heterocycles. The molecule has 0 saturated carbocycles. The van der Waals surface area contributed by atoms with Gasteiger partial charge in [0.15, 0.2) is 11.0 Å². The molecular weight excluding hydrogens is 480 g/mol. The van der Waals surface area contributed by atoms with Crippen LogP contribution < -0.4 is 9.47 Å². The highest BCUT2D eigenvalue weighted by Gasteiger charge is 2.45. The van der Waals surface area contributed by atoms with Crippen LogP contribution in [0.1, 0.15) is 19.3 Å². The van der Waals surface area contributed by atoms with Crippen LogP contribution in [0.2, 0.25) is 5.02 Å². The van der Waals surface area contributed by atoms with Crippen LogP contribution in [0.3, 0.4) is 0 Å². The number of carbonyl (C=O) groups is 1. The molecule has 8 heteroatoms. The van der Waals surface area contributed by atoms with Gasteiger partial charge in [-0.25, -0.2) is 4.39 Å². The quantitative estimate of drug-likeness (QED) is 0.331. The molecule has 176 valence electrons. The van der Waals surface area contributed by atoms with E-state index in [9.17, 15) is 14.4 Å². The zero-order valence-corrected chi connectivity index (χ0v) is 19.7. The molecule has 1 aliphatic heterocycles. The summed E-state index contributed by atoms with van der Waals surface area (Å²) in [6.45, 7) is 0.367. The lowest BCUT2D eigenvalue weighted by molar-refractivity contribution is -0.129. The zero-order valence-electron chi connectivity index (χ0n) is 18.2. The van der Waals surface area contributed by atoms with Crippen molar-refractivity contribution in [3.05, 3.63) is 71.5 Å². The van der Waals surface area contributed by atoms with Crippen LogP contribution in [-0.4, -0.2) is 36.1 Å². The van der Waals surface area contributed by atoms with Crippen molar-refractivity contribution < 1.29 is 23.4 Å². The summed E-state index contributed by atoms with van der Waals surface area (Å²) in [6.07, 6.45) is 0.129. The van der Waals surface area contributed by atoms with Crippen molar-refractivity contribution >= 4 is 39.8 Å². The molecule has 34 heavy (non-hydrogen) atoms.